The molecule has 21 heavy (non-hydrogen) atoms. The number of aliphatic carboxylic acids is 1. The Bertz CT molecular complexity index is 714. The molecule has 5 heteroatoms. The van der Waals surface area contributed by atoms with Crippen molar-refractivity contribution >= 4 is 49.9 Å². The molecule has 108 valence electrons. The van der Waals surface area contributed by atoms with Crippen molar-refractivity contribution < 1.29 is 9.90 Å². The van der Waals surface area contributed by atoms with Gasteiger partial charge in [0.05, 0.1) is 0 Å². The van der Waals surface area contributed by atoms with Crippen LogP contribution < -0.4 is 0 Å². The molecule has 2 aromatic rings. The molecule has 0 heterocycles. The number of carbonyl (C=O) groups is 1. The van der Waals surface area contributed by atoms with Gasteiger partial charge in [-0.05, 0) is 16.8 Å². The van der Waals surface area contributed by atoms with Crippen LogP contribution in [0.3, 0.4) is 0 Å². The number of hydrogen-bond acceptors (Lipinski definition) is 2. The zero-order chi connectivity index (χ0) is 15.4. The van der Waals surface area contributed by atoms with Crippen LogP contribution >= 0.6 is 28.1 Å². The standard InChI is InChI=1S/C16H14BrNO2S/c1-2-9-18(10-15(19)20)16(21)13-7-3-6-12-11(13)5-4-8-14(12)17/h2-8H,1,9-10H2,(H,19,20). The van der Waals surface area contributed by atoms with Crippen LogP contribution in [0.2, 0.25) is 0 Å². The third-order valence-corrected chi connectivity index (χ3v) is 4.23. The number of fused-ring (bicyclic) bond motifs is 1. The summed E-state index contributed by atoms with van der Waals surface area (Å²) < 4.78 is 0.984. The fourth-order valence-electron chi connectivity index (χ4n) is 2.17. The smallest absolute Gasteiger partial charge is 0.323 e. The summed E-state index contributed by atoms with van der Waals surface area (Å²) >= 11 is 9.02. The monoisotopic (exact) mass is 363 g/mol. The van der Waals surface area contributed by atoms with Gasteiger partial charge in [-0.25, -0.2) is 0 Å². The molecule has 0 aliphatic carbocycles. The number of hydrogen-bond donors (Lipinski definition) is 1. The van der Waals surface area contributed by atoms with Crippen molar-refractivity contribution in [3.05, 3.63) is 59.1 Å². The van der Waals surface area contributed by atoms with Crippen molar-refractivity contribution in [2.45, 2.75) is 0 Å². The molecule has 0 atom stereocenters. The van der Waals surface area contributed by atoms with Gasteiger partial charge in [-0.3, -0.25) is 4.79 Å². The second-order valence-electron chi connectivity index (χ2n) is 4.51. The van der Waals surface area contributed by atoms with Gasteiger partial charge < -0.3 is 10.0 Å². The van der Waals surface area contributed by atoms with E-state index < -0.39 is 5.97 Å². The Labute approximate surface area is 137 Å². The highest BCUT2D eigenvalue weighted by Gasteiger charge is 2.16. The molecule has 0 aliphatic heterocycles. The summed E-state index contributed by atoms with van der Waals surface area (Å²) in [5.74, 6) is -0.916. The fourth-order valence-corrected chi connectivity index (χ4v) is 2.98. The average molecular weight is 364 g/mol. The number of nitrogens with zero attached hydrogens (tertiary/aromatic N) is 1. The van der Waals surface area contributed by atoms with E-state index in [-0.39, 0.29) is 6.54 Å². The largest absolute Gasteiger partial charge is 0.480 e. The lowest BCUT2D eigenvalue weighted by Gasteiger charge is -2.23. The predicted octanol–water partition coefficient (Wildman–Crippen LogP) is 3.85. The van der Waals surface area contributed by atoms with Gasteiger partial charge in [-0.15, -0.1) is 6.58 Å². The highest BCUT2D eigenvalue weighted by molar-refractivity contribution is 9.10. The van der Waals surface area contributed by atoms with Crippen LogP contribution in [0.25, 0.3) is 10.8 Å². The van der Waals surface area contributed by atoms with Gasteiger partial charge in [0.1, 0.15) is 11.5 Å². The minimum Gasteiger partial charge on any atom is -0.480 e. The molecule has 0 aromatic heterocycles. The predicted molar refractivity (Wildman–Crippen MR) is 92.8 cm³/mol. The van der Waals surface area contributed by atoms with Crippen LogP contribution in [0.1, 0.15) is 5.56 Å². The molecule has 0 radical (unpaired) electrons. The molecule has 0 aliphatic rings. The molecular formula is C16H14BrNO2S. The van der Waals surface area contributed by atoms with E-state index >= 15 is 0 Å². The fraction of sp³-hybridized carbons (Fsp3) is 0.125. The van der Waals surface area contributed by atoms with Gasteiger partial charge >= 0.3 is 5.97 Å². The summed E-state index contributed by atoms with van der Waals surface area (Å²) in [6.45, 7) is 3.91. The quantitative estimate of drug-likeness (QED) is 0.646. The molecule has 0 spiro atoms. The van der Waals surface area contributed by atoms with E-state index in [1.165, 1.54) is 0 Å². The molecule has 0 fully saturated rings. The molecule has 2 aromatic carbocycles. The Morgan fingerprint density at radius 3 is 2.62 bits per heavy atom. The molecule has 3 nitrogen and oxygen atoms in total. The maximum absolute atomic E-state index is 11.0. The van der Waals surface area contributed by atoms with Crippen molar-refractivity contribution in [3.8, 4) is 0 Å². The Balaban J connectivity index is 2.49. The van der Waals surface area contributed by atoms with Crippen LogP contribution in [-0.4, -0.2) is 34.1 Å². The Kier molecular flexibility index (Phi) is 5.09. The van der Waals surface area contributed by atoms with E-state index in [1.54, 1.807) is 11.0 Å². The molecule has 0 unspecified atom stereocenters. The van der Waals surface area contributed by atoms with Crippen molar-refractivity contribution in [1.82, 2.24) is 4.90 Å². The number of thiocarbonyl (C=S) groups is 1. The molecular weight excluding hydrogens is 350 g/mol. The Morgan fingerprint density at radius 1 is 1.29 bits per heavy atom. The van der Waals surface area contributed by atoms with E-state index in [9.17, 15) is 4.79 Å². The normalized spacial score (nSPS) is 10.3. The van der Waals surface area contributed by atoms with Gasteiger partial charge in [-0.2, -0.15) is 0 Å². The van der Waals surface area contributed by atoms with Gasteiger partial charge in [-0.1, -0.05) is 64.6 Å². The first kappa shape index (κ1) is 15.7. The number of rotatable bonds is 5. The van der Waals surface area contributed by atoms with E-state index in [4.69, 9.17) is 17.3 Å². The van der Waals surface area contributed by atoms with Crippen molar-refractivity contribution in [3.63, 3.8) is 0 Å². The zero-order valence-corrected chi connectivity index (χ0v) is 13.7. The van der Waals surface area contributed by atoms with Gasteiger partial charge in [0, 0.05) is 16.6 Å². The van der Waals surface area contributed by atoms with Gasteiger partial charge in [0.25, 0.3) is 0 Å². The lowest BCUT2D eigenvalue weighted by molar-refractivity contribution is -0.137. The maximum atomic E-state index is 11.0. The van der Waals surface area contributed by atoms with E-state index in [2.05, 4.69) is 22.5 Å². The van der Waals surface area contributed by atoms with Gasteiger partial charge in [0.15, 0.2) is 0 Å². The summed E-state index contributed by atoms with van der Waals surface area (Å²) in [6, 6.07) is 11.7. The molecule has 1 N–H and O–H groups in total. The second-order valence-corrected chi connectivity index (χ2v) is 5.75. The van der Waals surface area contributed by atoms with Crippen molar-refractivity contribution in [1.29, 1.82) is 0 Å². The highest BCUT2D eigenvalue weighted by atomic mass is 79.9. The number of carboxylic acids is 1. The summed E-state index contributed by atoms with van der Waals surface area (Å²) in [7, 11) is 0. The third-order valence-electron chi connectivity index (χ3n) is 3.06. The van der Waals surface area contributed by atoms with Gasteiger partial charge in [0.2, 0.25) is 0 Å². The third kappa shape index (κ3) is 3.49. The lowest BCUT2D eigenvalue weighted by Crippen LogP contribution is -2.35. The SMILES string of the molecule is C=CCN(CC(=O)O)C(=S)c1cccc2c(Br)cccc12. The second kappa shape index (κ2) is 6.83. The molecule has 0 saturated carbocycles. The molecule has 0 bridgehead atoms. The summed E-state index contributed by atoms with van der Waals surface area (Å²) in [4.78, 5) is 13.1. The van der Waals surface area contributed by atoms with E-state index in [1.807, 2.05) is 36.4 Å². The van der Waals surface area contributed by atoms with Crippen LogP contribution in [0.4, 0.5) is 0 Å². The van der Waals surface area contributed by atoms with Crippen LogP contribution in [0.5, 0.6) is 0 Å². The summed E-state index contributed by atoms with van der Waals surface area (Å²) in [5.41, 5.74) is 0.854. The minimum atomic E-state index is -0.916. The zero-order valence-electron chi connectivity index (χ0n) is 11.3. The van der Waals surface area contributed by atoms with E-state index in [0.29, 0.717) is 11.5 Å². The van der Waals surface area contributed by atoms with E-state index in [0.717, 1.165) is 20.8 Å². The number of halogens is 1. The minimum absolute atomic E-state index is 0.144. The summed E-state index contributed by atoms with van der Waals surface area (Å²) in [6.07, 6.45) is 1.65. The molecule has 0 amide bonds. The van der Waals surface area contributed by atoms with Crippen molar-refractivity contribution in [2.24, 2.45) is 0 Å². The first-order valence-corrected chi connectivity index (χ1v) is 7.54. The topological polar surface area (TPSA) is 40.5 Å². The average Bonchev–Trinajstić information content (AvgIpc) is 2.45. The number of carboxylic acid groups (broad SMARTS) is 1. The Hall–Kier alpha value is -1.72. The summed E-state index contributed by atoms with van der Waals surface area (Å²) in [5, 5.41) is 11.1. The maximum Gasteiger partial charge on any atom is 0.323 e. The lowest BCUT2D eigenvalue weighted by atomic mass is 10.0. The Morgan fingerprint density at radius 2 is 1.95 bits per heavy atom. The molecule has 2 rings (SSSR count). The van der Waals surface area contributed by atoms with Crippen molar-refractivity contribution in [2.75, 3.05) is 13.1 Å². The van der Waals surface area contributed by atoms with Crippen LogP contribution in [-0.2, 0) is 4.79 Å². The van der Waals surface area contributed by atoms with Crippen LogP contribution in [0.15, 0.2) is 53.5 Å². The van der Waals surface area contributed by atoms with Crippen LogP contribution in [0, 0.1) is 0 Å². The highest BCUT2D eigenvalue weighted by Crippen LogP contribution is 2.27. The number of benzene rings is 2. The first-order valence-electron chi connectivity index (χ1n) is 6.33. The first-order chi connectivity index (χ1) is 10.0. The molecule has 0 saturated heterocycles.